The molecule has 1 unspecified atom stereocenters. The highest BCUT2D eigenvalue weighted by Gasteiger charge is 2.22. The molecule has 0 bridgehead atoms. The van der Waals surface area contributed by atoms with Gasteiger partial charge in [-0.1, -0.05) is 18.2 Å². The number of nitrogens with two attached hydrogens (primary N) is 1. The Morgan fingerprint density at radius 2 is 1.86 bits per heavy atom. The molecule has 4 aromatic rings. The molecule has 12 heteroatoms. The summed E-state index contributed by atoms with van der Waals surface area (Å²) in [6.07, 6.45) is 3.12. The summed E-state index contributed by atoms with van der Waals surface area (Å²) in [7, 11) is 0.694. The molecule has 0 aliphatic carbocycles. The van der Waals surface area contributed by atoms with Gasteiger partial charge in [0.25, 0.3) is 11.8 Å². The maximum Gasteiger partial charge on any atom is 0.270 e. The number of nitrogen functional groups attached to an aromatic ring is 1. The van der Waals surface area contributed by atoms with Crippen molar-refractivity contribution in [3.63, 3.8) is 0 Å². The van der Waals surface area contributed by atoms with Gasteiger partial charge >= 0.3 is 0 Å². The molecule has 2 aromatic heterocycles. The summed E-state index contributed by atoms with van der Waals surface area (Å²) in [5.74, 6) is -0.308. The quantitative estimate of drug-likeness (QED) is 0.363. The molecule has 5 rings (SSSR count). The van der Waals surface area contributed by atoms with Crippen molar-refractivity contribution in [1.29, 1.82) is 0 Å². The van der Waals surface area contributed by atoms with Gasteiger partial charge in [0.05, 0.1) is 28.3 Å². The first-order valence-corrected chi connectivity index (χ1v) is 12.7. The number of anilines is 1. The van der Waals surface area contributed by atoms with Gasteiger partial charge in [0.1, 0.15) is 5.82 Å². The number of rotatable bonds is 7. The average molecular weight is 533 g/mol. The smallest absolute Gasteiger partial charge is 0.270 e. The SMILES string of the molecule is CNCc1ccc(-c2nnc(-c3nc(-c4ccc(S(=O)C5CCOCC5)cc4)cnc3N)o2)c(F)c1.O.[HH].[HH].[HH]. The van der Waals surface area contributed by atoms with Gasteiger partial charge in [0.15, 0.2) is 11.5 Å². The van der Waals surface area contributed by atoms with Crippen LogP contribution in [0.25, 0.3) is 34.3 Å². The van der Waals surface area contributed by atoms with Crippen LogP contribution in [0.4, 0.5) is 10.2 Å². The zero-order valence-electron chi connectivity index (χ0n) is 20.1. The van der Waals surface area contributed by atoms with E-state index in [0.29, 0.717) is 25.5 Å². The van der Waals surface area contributed by atoms with Crippen LogP contribution >= 0.6 is 0 Å². The fourth-order valence-corrected chi connectivity index (χ4v) is 5.42. The standard InChI is InChI=1S/C25H25FN6O3S.H2O.3H2/c1-28-13-15-2-7-19(20(26)12-15)24-31-32-25(35-24)22-23(27)29-14-21(30-22)16-3-5-17(6-4-16)36(33)18-8-10-34-11-9-18;;;;/h2-7,12,14,18,28H,8-11,13H2,1H3,(H2,27,29);1H2;3*1H. The van der Waals surface area contributed by atoms with Crippen molar-refractivity contribution in [2.75, 3.05) is 26.0 Å². The van der Waals surface area contributed by atoms with Crippen LogP contribution in [0.15, 0.2) is 58.0 Å². The number of aromatic nitrogens is 4. The Kier molecular flexibility index (Phi) is 8.34. The van der Waals surface area contributed by atoms with Crippen molar-refractivity contribution >= 4 is 16.6 Å². The summed E-state index contributed by atoms with van der Waals surface area (Å²) in [6.45, 7) is 1.82. The number of hydrogen-bond donors (Lipinski definition) is 2. The van der Waals surface area contributed by atoms with Crippen LogP contribution in [0.1, 0.15) is 22.7 Å². The molecule has 37 heavy (non-hydrogen) atoms. The number of benzene rings is 2. The summed E-state index contributed by atoms with van der Waals surface area (Å²) >= 11 is 0. The minimum atomic E-state index is -1.10. The molecular formula is C25H33FN6O4S. The summed E-state index contributed by atoms with van der Waals surface area (Å²) in [5.41, 5.74) is 8.52. The largest absolute Gasteiger partial charge is 0.414 e. The average Bonchev–Trinajstić information content (AvgIpc) is 3.39. The van der Waals surface area contributed by atoms with Gasteiger partial charge in [-0.05, 0) is 49.7 Å². The van der Waals surface area contributed by atoms with Crippen molar-refractivity contribution in [1.82, 2.24) is 25.5 Å². The second kappa shape index (κ2) is 11.6. The van der Waals surface area contributed by atoms with Crippen molar-refractivity contribution in [3.05, 3.63) is 60.0 Å². The van der Waals surface area contributed by atoms with E-state index in [1.54, 1.807) is 25.4 Å². The van der Waals surface area contributed by atoms with E-state index in [2.05, 4.69) is 25.5 Å². The lowest BCUT2D eigenvalue weighted by Gasteiger charge is -2.21. The fraction of sp³-hybridized carbons (Fsp3) is 0.280. The summed E-state index contributed by atoms with van der Waals surface area (Å²) in [4.78, 5) is 9.56. The van der Waals surface area contributed by atoms with Crippen LogP contribution in [0.5, 0.6) is 0 Å². The van der Waals surface area contributed by atoms with E-state index in [1.807, 2.05) is 24.3 Å². The van der Waals surface area contributed by atoms with Gasteiger partial charge in [0.2, 0.25) is 0 Å². The number of nitrogens with zero attached hydrogens (tertiary/aromatic N) is 4. The van der Waals surface area contributed by atoms with Crippen LogP contribution in [0, 0.1) is 5.82 Å². The molecule has 5 N–H and O–H groups in total. The molecule has 3 heterocycles. The van der Waals surface area contributed by atoms with E-state index < -0.39 is 16.6 Å². The molecule has 1 saturated heterocycles. The fourth-order valence-electron chi connectivity index (χ4n) is 4.01. The number of halogens is 1. The third-order valence-corrected chi connectivity index (χ3v) is 7.74. The molecule has 1 aliphatic heterocycles. The van der Waals surface area contributed by atoms with Crippen LogP contribution in [-0.4, -0.2) is 55.4 Å². The van der Waals surface area contributed by atoms with Gasteiger partial charge in [-0.25, -0.2) is 14.4 Å². The maximum atomic E-state index is 14.6. The number of nitrogens with one attached hydrogen (secondary N) is 1. The van der Waals surface area contributed by atoms with E-state index in [4.69, 9.17) is 14.9 Å². The Labute approximate surface area is 219 Å². The number of ether oxygens (including phenoxy) is 1. The lowest BCUT2D eigenvalue weighted by molar-refractivity contribution is 0.0992. The Balaban J connectivity index is 0.00000200. The topological polar surface area (TPSA) is 161 Å². The monoisotopic (exact) mass is 532 g/mol. The Bertz CT molecular complexity index is 1410. The molecule has 0 radical (unpaired) electrons. The van der Waals surface area contributed by atoms with Crippen molar-refractivity contribution < 1.29 is 27.5 Å². The molecule has 2 aromatic carbocycles. The van der Waals surface area contributed by atoms with E-state index >= 15 is 0 Å². The van der Waals surface area contributed by atoms with E-state index in [0.717, 1.165) is 28.9 Å². The molecule has 200 valence electrons. The maximum absolute atomic E-state index is 14.6. The molecule has 1 aliphatic rings. The first-order valence-electron chi connectivity index (χ1n) is 11.5. The van der Waals surface area contributed by atoms with Gasteiger partial charge in [-0.3, -0.25) is 4.21 Å². The highest BCUT2D eigenvalue weighted by Crippen LogP contribution is 2.30. The first-order chi connectivity index (χ1) is 17.5. The molecule has 10 nitrogen and oxygen atoms in total. The second-order valence-electron chi connectivity index (χ2n) is 8.38. The third kappa shape index (κ3) is 5.72. The third-order valence-electron chi connectivity index (χ3n) is 5.93. The molecule has 0 amide bonds. The van der Waals surface area contributed by atoms with Gasteiger partial charge in [0, 0.05) is 39.7 Å². The van der Waals surface area contributed by atoms with Crippen molar-refractivity contribution in [2.45, 2.75) is 29.5 Å². The predicted octanol–water partition coefficient (Wildman–Crippen LogP) is 3.50. The summed E-state index contributed by atoms with van der Waals surface area (Å²) in [5, 5.41) is 11.1. The second-order valence-corrected chi connectivity index (χ2v) is 10.1. The molecular weight excluding hydrogens is 499 g/mol. The Morgan fingerprint density at radius 3 is 2.57 bits per heavy atom. The lowest BCUT2D eigenvalue weighted by atomic mass is 10.1. The summed E-state index contributed by atoms with van der Waals surface area (Å²) in [6, 6.07) is 12.2. The molecule has 0 spiro atoms. The van der Waals surface area contributed by atoms with Crippen LogP contribution in [-0.2, 0) is 22.1 Å². The van der Waals surface area contributed by atoms with E-state index in [1.165, 1.54) is 6.07 Å². The normalized spacial score (nSPS) is 14.8. The Morgan fingerprint density at radius 1 is 1.14 bits per heavy atom. The molecule has 0 saturated carbocycles. The minimum Gasteiger partial charge on any atom is -0.414 e. The van der Waals surface area contributed by atoms with Gasteiger partial charge in [-0.2, -0.15) is 0 Å². The predicted molar refractivity (Wildman–Crippen MR) is 144 cm³/mol. The molecule has 1 fully saturated rings. The lowest BCUT2D eigenvalue weighted by Crippen LogP contribution is -2.24. The highest BCUT2D eigenvalue weighted by molar-refractivity contribution is 7.85. The van der Waals surface area contributed by atoms with Crippen molar-refractivity contribution in [2.24, 2.45) is 0 Å². The van der Waals surface area contributed by atoms with Gasteiger partial charge < -0.3 is 25.7 Å². The molecule has 1 atom stereocenters. The van der Waals surface area contributed by atoms with E-state index in [-0.39, 0.29) is 43.9 Å². The van der Waals surface area contributed by atoms with Crippen LogP contribution < -0.4 is 11.1 Å². The zero-order valence-corrected chi connectivity index (χ0v) is 20.9. The van der Waals surface area contributed by atoms with E-state index in [9.17, 15) is 8.60 Å². The minimum absolute atomic E-state index is 0. The number of hydrogen-bond acceptors (Lipinski definition) is 9. The van der Waals surface area contributed by atoms with Gasteiger partial charge in [-0.15, -0.1) is 10.2 Å². The summed E-state index contributed by atoms with van der Waals surface area (Å²) < 4.78 is 38.6. The van der Waals surface area contributed by atoms with Crippen LogP contribution in [0.2, 0.25) is 0 Å². The zero-order chi connectivity index (χ0) is 25.1. The Hall–Kier alpha value is -3.58. The van der Waals surface area contributed by atoms with Crippen LogP contribution in [0.3, 0.4) is 0 Å². The van der Waals surface area contributed by atoms with Crippen molar-refractivity contribution in [3.8, 4) is 34.3 Å². The highest BCUT2D eigenvalue weighted by atomic mass is 32.2. The first kappa shape index (κ1) is 26.5.